The van der Waals surface area contributed by atoms with E-state index in [4.69, 9.17) is 0 Å². The van der Waals surface area contributed by atoms with Gasteiger partial charge in [0.05, 0.1) is 22.3 Å². The largest absolute Gasteiger partial charge is 0.339 e. The van der Waals surface area contributed by atoms with E-state index in [0.717, 1.165) is 16.6 Å². The molecule has 0 spiro atoms. The second kappa shape index (κ2) is 7.25. The van der Waals surface area contributed by atoms with Gasteiger partial charge in [-0.05, 0) is 49.5 Å². The highest BCUT2D eigenvalue weighted by atomic mass is 32.2. The van der Waals surface area contributed by atoms with Crippen molar-refractivity contribution < 1.29 is 8.42 Å². The van der Waals surface area contributed by atoms with Gasteiger partial charge in [0.2, 0.25) is 16.0 Å². The van der Waals surface area contributed by atoms with E-state index < -0.39 is 10.0 Å². The number of aromatic nitrogens is 4. The molecule has 0 aliphatic rings. The summed E-state index contributed by atoms with van der Waals surface area (Å²) >= 11 is 0. The van der Waals surface area contributed by atoms with Crippen molar-refractivity contribution in [2.45, 2.75) is 4.90 Å². The maximum atomic E-state index is 11.8. The van der Waals surface area contributed by atoms with Crippen molar-refractivity contribution in [2.75, 3.05) is 17.7 Å². The third-order valence-corrected chi connectivity index (χ3v) is 5.52. The number of nitrogens with one attached hydrogen (secondary N) is 4. The van der Waals surface area contributed by atoms with Gasteiger partial charge in [-0.1, -0.05) is 6.07 Å². The van der Waals surface area contributed by atoms with Crippen LogP contribution in [0.1, 0.15) is 0 Å². The van der Waals surface area contributed by atoms with E-state index in [1.165, 1.54) is 19.2 Å². The molecule has 4 aromatic rings. The van der Waals surface area contributed by atoms with Gasteiger partial charge >= 0.3 is 0 Å². The van der Waals surface area contributed by atoms with Crippen LogP contribution in [0.25, 0.3) is 10.9 Å². The number of nitrogens with zero attached hydrogens (tertiary/aromatic N) is 3. The van der Waals surface area contributed by atoms with Crippen LogP contribution in [-0.4, -0.2) is 35.6 Å². The lowest BCUT2D eigenvalue weighted by Gasteiger charge is -2.09. The van der Waals surface area contributed by atoms with E-state index in [0.29, 0.717) is 17.5 Å². The third-order valence-electron chi connectivity index (χ3n) is 4.09. The molecular weight excluding hydrogens is 378 g/mol. The number of fused-ring (bicyclic) bond motifs is 1. The highest BCUT2D eigenvalue weighted by Crippen LogP contribution is 2.24. The first-order valence-electron chi connectivity index (χ1n) is 8.38. The van der Waals surface area contributed by atoms with Gasteiger partial charge in [0.1, 0.15) is 5.82 Å². The van der Waals surface area contributed by atoms with Crippen LogP contribution < -0.4 is 15.4 Å². The number of hydrogen-bond donors (Lipinski definition) is 4. The van der Waals surface area contributed by atoms with Crippen LogP contribution in [0.15, 0.2) is 65.8 Å². The number of sulfonamides is 1. The fraction of sp³-hybridized carbons (Fsp3) is 0.0556. The van der Waals surface area contributed by atoms with Crippen molar-refractivity contribution in [3.63, 3.8) is 0 Å². The maximum Gasteiger partial charge on any atom is 0.240 e. The SMILES string of the molecule is CNS(=O)(=O)c1ccc(Nc2nccc(Nc3cccc4[nH]ncc34)n2)cc1. The molecular formula is C18H17N7O2S. The zero-order valence-corrected chi connectivity index (χ0v) is 15.7. The Morgan fingerprint density at radius 1 is 1.00 bits per heavy atom. The summed E-state index contributed by atoms with van der Waals surface area (Å²) in [7, 11) is -2.10. The van der Waals surface area contributed by atoms with Crippen LogP contribution in [0.3, 0.4) is 0 Å². The fourth-order valence-electron chi connectivity index (χ4n) is 2.67. The summed E-state index contributed by atoms with van der Waals surface area (Å²) in [4.78, 5) is 8.84. The Kier molecular flexibility index (Phi) is 4.63. The fourth-order valence-corrected chi connectivity index (χ4v) is 3.40. The molecule has 4 rings (SSSR count). The number of hydrogen-bond acceptors (Lipinski definition) is 7. The minimum Gasteiger partial charge on any atom is -0.339 e. The Bertz CT molecular complexity index is 1220. The van der Waals surface area contributed by atoms with E-state index in [9.17, 15) is 8.42 Å². The standard InChI is InChI=1S/C18H17N7O2S/c1-19-28(26,27)13-7-5-12(6-8-13)22-18-20-10-9-17(24-18)23-15-3-2-4-16-14(15)11-21-25-16/h2-11,19H,1H3,(H,21,25)(H2,20,22,23,24). The molecule has 0 aliphatic carbocycles. The molecule has 0 bridgehead atoms. The predicted octanol–water partition coefficient (Wildman–Crippen LogP) is 2.75. The molecule has 2 aromatic carbocycles. The molecule has 142 valence electrons. The summed E-state index contributed by atoms with van der Waals surface area (Å²) in [5.74, 6) is 0.995. The highest BCUT2D eigenvalue weighted by Gasteiger charge is 2.11. The molecule has 0 unspecified atom stereocenters. The molecule has 28 heavy (non-hydrogen) atoms. The minimum absolute atomic E-state index is 0.185. The van der Waals surface area contributed by atoms with Crippen molar-refractivity contribution >= 4 is 44.1 Å². The van der Waals surface area contributed by atoms with E-state index in [-0.39, 0.29) is 4.90 Å². The molecule has 9 nitrogen and oxygen atoms in total. The summed E-state index contributed by atoms with van der Waals surface area (Å²) < 4.78 is 25.9. The van der Waals surface area contributed by atoms with Crippen LogP contribution in [0.2, 0.25) is 0 Å². The van der Waals surface area contributed by atoms with Gasteiger partial charge in [0, 0.05) is 17.3 Å². The van der Waals surface area contributed by atoms with Crippen molar-refractivity contribution in [2.24, 2.45) is 0 Å². The van der Waals surface area contributed by atoms with E-state index in [1.54, 1.807) is 30.6 Å². The second-order valence-corrected chi connectivity index (χ2v) is 7.77. The minimum atomic E-state index is -3.47. The molecule has 0 saturated heterocycles. The number of H-pyrrole nitrogens is 1. The smallest absolute Gasteiger partial charge is 0.240 e. The first-order valence-corrected chi connectivity index (χ1v) is 9.86. The van der Waals surface area contributed by atoms with Crippen molar-refractivity contribution in [3.05, 3.63) is 60.9 Å². The normalized spacial score (nSPS) is 11.5. The molecule has 0 atom stereocenters. The maximum absolute atomic E-state index is 11.8. The van der Waals surface area contributed by atoms with Gasteiger partial charge < -0.3 is 10.6 Å². The Morgan fingerprint density at radius 2 is 1.82 bits per heavy atom. The van der Waals surface area contributed by atoms with Crippen LogP contribution in [0.5, 0.6) is 0 Å². The Labute approximate surface area is 161 Å². The number of benzene rings is 2. The Morgan fingerprint density at radius 3 is 2.61 bits per heavy atom. The van der Waals surface area contributed by atoms with Gasteiger partial charge in [-0.3, -0.25) is 5.10 Å². The monoisotopic (exact) mass is 395 g/mol. The molecule has 10 heteroatoms. The predicted molar refractivity (Wildman–Crippen MR) is 107 cm³/mol. The summed E-state index contributed by atoms with van der Waals surface area (Å²) in [6.45, 7) is 0. The van der Waals surface area contributed by atoms with E-state index >= 15 is 0 Å². The first kappa shape index (κ1) is 17.9. The van der Waals surface area contributed by atoms with Gasteiger partial charge in [-0.2, -0.15) is 10.1 Å². The Hall–Kier alpha value is -3.50. The number of aromatic amines is 1. The van der Waals surface area contributed by atoms with Crippen molar-refractivity contribution in [3.8, 4) is 0 Å². The summed E-state index contributed by atoms with van der Waals surface area (Å²) in [5.41, 5.74) is 2.47. The molecule has 4 N–H and O–H groups in total. The topological polar surface area (TPSA) is 125 Å². The number of rotatable bonds is 6. The molecule has 2 heterocycles. The van der Waals surface area contributed by atoms with Crippen LogP contribution >= 0.6 is 0 Å². The average molecular weight is 395 g/mol. The van der Waals surface area contributed by atoms with E-state index in [1.807, 2.05) is 18.2 Å². The summed E-state index contributed by atoms with van der Waals surface area (Å²) in [6, 6.07) is 13.9. The quantitative estimate of drug-likeness (QED) is 0.396. The molecule has 0 amide bonds. The van der Waals surface area contributed by atoms with Crippen LogP contribution in [0, 0.1) is 0 Å². The Balaban J connectivity index is 1.53. The van der Waals surface area contributed by atoms with Crippen LogP contribution in [0.4, 0.5) is 23.1 Å². The van der Waals surface area contributed by atoms with Crippen molar-refractivity contribution in [1.82, 2.24) is 24.9 Å². The van der Waals surface area contributed by atoms with Gasteiger partial charge in [-0.25, -0.2) is 18.1 Å². The third kappa shape index (κ3) is 3.63. The molecule has 0 aliphatic heterocycles. The first-order chi connectivity index (χ1) is 13.5. The lowest BCUT2D eigenvalue weighted by molar-refractivity contribution is 0.588. The highest BCUT2D eigenvalue weighted by molar-refractivity contribution is 7.89. The zero-order chi connectivity index (χ0) is 19.6. The summed E-state index contributed by atoms with van der Waals surface area (Å²) in [5, 5.41) is 14.3. The summed E-state index contributed by atoms with van der Waals surface area (Å²) in [6.07, 6.45) is 3.38. The molecule has 0 saturated carbocycles. The van der Waals surface area contributed by atoms with Gasteiger partial charge in [0.25, 0.3) is 0 Å². The molecule has 2 aromatic heterocycles. The second-order valence-electron chi connectivity index (χ2n) is 5.88. The molecule has 0 radical (unpaired) electrons. The zero-order valence-electron chi connectivity index (χ0n) is 14.8. The van der Waals surface area contributed by atoms with Crippen LogP contribution in [-0.2, 0) is 10.0 Å². The van der Waals surface area contributed by atoms with E-state index in [2.05, 4.69) is 35.5 Å². The average Bonchev–Trinajstić information content (AvgIpc) is 3.19. The number of anilines is 4. The lowest BCUT2D eigenvalue weighted by Crippen LogP contribution is -2.18. The van der Waals surface area contributed by atoms with Gasteiger partial charge in [-0.15, -0.1) is 0 Å². The van der Waals surface area contributed by atoms with Gasteiger partial charge in [0.15, 0.2) is 0 Å². The lowest BCUT2D eigenvalue weighted by atomic mass is 10.2. The van der Waals surface area contributed by atoms with Crippen molar-refractivity contribution in [1.29, 1.82) is 0 Å². The molecule has 0 fully saturated rings.